The monoisotopic (exact) mass is 495 g/mol. The lowest BCUT2D eigenvalue weighted by atomic mass is 10.1. The number of benzene rings is 1. The molecule has 0 radical (unpaired) electrons. The van der Waals surface area contributed by atoms with Crippen molar-refractivity contribution in [3.63, 3.8) is 0 Å². The van der Waals surface area contributed by atoms with Crippen molar-refractivity contribution >= 4 is 11.7 Å². The quantitative estimate of drug-likeness (QED) is 0.519. The van der Waals surface area contributed by atoms with Gasteiger partial charge in [-0.25, -0.2) is 4.39 Å². The first-order valence-electron chi connectivity index (χ1n) is 12.8. The van der Waals surface area contributed by atoms with E-state index in [1.54, 1.807) is 24.1 Å². The standard InChI is InChI=1S/C27H34FN5O3/c1-3-25(34)32-11-13-33(14-12-32)26-21-16-31(15-20-22(28)9-6-10-24(20)35-2)17-23(21)29-27(30-26)36-18-19-7-4-5-8-19/h3,6,9-10,19H,1,4-5,7-8,11-18H2,2H3. The molecule has 1 aliphatic carbocycles. The topological polar surface area (TPSA) is 71.0 Å². The minimum Gasteiger partial charge on any atom is -0.496 e. The van der Waals surface area contributed by atoms with Gasteiger partial charge < -0.3 is 19.3 Å². The minimum absolute atomic E-state index is 0.0480. The summed E-state index contributed by atoms with van der Waals surface area (Å²) in [5, 5.41) is 0. The number of methoxy groups -OCH3 is 1. The number of hydrogen-bond donors (Lipinski definition) is 0. The molecule has 2 fully saturated rings. The number of hydrogen-bond acceptors (Lipinski definition) is 7. The van der Waals surface area contributed by atoms with Gasteiger partial charge in [-0.2, -0.15) is 9.97 Å². The lowest BCUT2D eigenvalue weighted by Crippen LogP contribution is -2.48. The number of ether oxygens (including phenoxy) is 2. The number of amides is 1. The summed E-state index contributed by atoms with van der Waals surface area (Å²) in [5.74, 6) is 1.63. The van der Waals surface area contributed by atoms with E-state index in [1.807, 2.05) is 0 Å². The Morgan fingerprint density at radius 2 is 1.94 bits per heavy atom. The highest BCUT2D eigenvalue weighted by atomic mass is 19.1. The molecule has 0 unspecified atom stereocenters. The van der Waals surface area contributed by atoms with Crippen LogP contribution in [0.1, 0.15) is 42.5 Å². The Kier molecular flexibility index (Phi) is 7.36. The van der Waals surface area contributed by atoms with E-state index < -0.39 is 0 Å². The van der Waals surface area contributed by atoms with Gasteiger partial charge in [-0.3, -0.25) is 9.69 Å². The molecule has 0 atom stereocenters. The third-order valence-electron chi connectivity index (χ3n) is 7.47. The number of carbonyl (C=O) groups is 1. The maximum Gasteiger partial charge on any atom is 0.318 e. The molecule has 3 aliphatic rings. The lowest BCUT2D eigenvalue weighted by Gasteiger charge is -2.35. The van der Waals surface area contributed by atoms with Crippen molar-refractivity contribution in [3.8, 4) is 11.8 Å². The molecule has 1 saturated heterocycles. The van der Waals surface area contributed by atoms with Crippen molar-refractivity contribution in [2.75, 3.05) is 44.8 Å². The molecule has 0 spiro atoms. The van der Waals surface area contributed by atoms with Gasteiger partial charge in [-0.15, -0.1) is 0 Å². The molecule has 1 amide bonds. The second-order valence-corrected chi connectivity index (χ2v) is 9.80. The maximum atomic E-state index is 14.6. The zero-order valence-corrected chi connectivity index (χ0v) is 20.9. The van der Waals surface area contributed by atoms with E-state index in [0.29, 0.717) is 75.7 Å². The number of rotatable bonds is 8. The molecular weight excluding hydrogens is 461 g/mol. The van der Waals surface area contributed by atoms with Crippen LogP contribution in [-0.4, -0.2) is 65.6 Å². The second kappa shape index (κ2) is 10.8. The Morgan fingerprint density at radius 1 is 1.17 bits per heavy atom. The first kappa shape index (κ1) is 24.5. The largest absolute Gasteiger partial charge is 0.496 e. The fourth-order valence-electron chi connectivity index (χ4n) is 5.46. The summed E-state index contributed by atoms with van der Waals surface area (Å²) in [6.45, 7) is 8.40. The fraction of sp³-hybridized carbons (Fsp3) is 0.519. The van der Waals surface area contributed by atoms with Gasteiger partial charge >= 0.3 is 6.01 Å². The van der Waals surface area contributed by atoms with E-state index in [2.05, 4.69) is 16.4 Å². The molecule has 1 saturated carbocycles. The van der Waals surface area contributed by atoms with Gasteiger partial charge in [0.15, 0.2) is 0 Å². The molecule has 0 N–H and O–H groups in total. The zero-order valence-electron chi connectivity index (χ0n) is 20.9. The molecule has 8 nitrogen and oxygen atoms in total. The van der Waals surface area contributed by atoms with E-state index in [-0.39, 0.29) is 11.7 Å². The van der Waals surface area contributed by atoms with E-state index in [4.69, 9.17) is 19.4 Å². The zero-order chi connectivity index (χ0) is 25.1. The normalized spacial score (nSPS) is 18.4. The van der Waals surface area contributed by atoms with Crippen LogP contribution in [0, 0.1) is 11.7 Å². The van der Waals surface area contributed by atoms with Gasteiger partial charge in [0.1, 0.15) is 17.4 Å². The van der Waals surface area contributed by atoms with Gasteiger partial charge in [0.25, 0.3) is 0 Å². The maximum absolute atomic E-state index is 14.6. The van der Waals surface area contributed by atoms with Crippen LogP contribution in [0.2, 0.25) is 0 Å². The number of aromatic nitrogens is 2. The van der Waals surface area contributed by atoms with Gasteiger partial charge in [0.2, 0.25) is 5.91 Å². The van der Waals surface area contributed by atoms with Crippen LogP contribution in [0.5, 0.6) is 11.8 Å². The first-order valence-corrected chi connectivity index (χ1v) is 12.8. The van der Waals surface area contributed by atoms with Gasteiger partial charge in [0.05, 0.1) is 19.4 Å². The summed E-state index contributed by atoms with van der Waals surface area (Å²) in [6, 6.07) is 5.31. The molecule has 0 bridgehead atoms. The van der Waals surface area contributed by atoms with Gasteiger partial charge in [-0.1, -0.05) is 25.5 Å². The third-order valence-corrected chi connectivity index (χ3v) is 7.47. The minimum atomic E-state index is -0.278. The Morgan fingerprint density at radius 3 is 2.67 bits per heavy atom. The Bertz CT molecular complexity index is 1110. The number of nitrogens with zero attached hydrogens (tertiary/aromatic N) is 5. The van der Waals surface area contributed by atoms with Crippen LogP contribution in [0.15, 0.2) is 30.9 Å². The van der Waals surface area contributed by atoms with Crippen LogP contribution in [0.25, 0.3) is 0 Å². The molecule has 5 rings (SSSR count). The predicted molar refractivity (Wildman–Crippen MR) is 134 cm³/mol. The number of fused-ring (bicyclic) bond motifs is 1. The van der Waals surface area contributed by atoms with Gasteiger partial charge in [-0.05, 0) is 37.0 Å². The van der Waals surface area contributed by atoms with Crippen LogP contribution >= 0.6 is 0 Å². The average molecular weight is 496 g/mol. The Balaban J connectivity index is 1.37. The average Bonchev–Trinajstić information content (AvgIpc) is 3.57. The fourth-order valence-corrected chi connectivity index (χ4v) is 5.46. The number of piperazine rings is 1. The van der Waals surface area contributed by atoms with Crippen LogP contribution < -0.4 is 14.4 Å². The number of anilines is 1. The SMILES string of the molecule is C=CC(=O)N1CCN(c2nc(OCC3CCCC3)nc3c2CN(Cc2c(F)cccc2OC)C3)CC1. The molecule has 1 aromatic heterocycles. The first-order chi connectivity index (χ1) is 17.6. The summed E-state index contributed by atoms with van der Waals surface area (Å²) in [5.41, 5.74) is 2.50. The van der Waals surface area contributed by atoms with Crippen molar-refractivity contribution < 1.29 is 18.7 Å². The summed E-state index contributed by atoms with van der Waals surface area (Å²) < 4.78 is 26.1. The molecule has 2 aliphatic heterocycles. The van der Waals surface area contributed by atoms with E-state index in [9.17, 15) is 9.18 Å². The lowest BCUT2D eigenvalue weighted by molar-refractivity contribution is -0.126. The molecule has 9 heteroatoms. The van der Waals surface area contributed by atoms with Gasteiger partial charge in [0, 0.05) is 56.9 Å². The summed E-state index contributed by atoms with van der Waals surface area (Å²) in [6.07, 6.45) is 6.26. The number of halogens is 1. The van der Waals surface area contributed by atoms with Crippen LogP contribution in [0.4, 0.5) is 10.2 Å². The molecule has 192 valence electrons. The Hall–Kier alpha value is -3.20. The van der Waals surface area contributed by atoms with Crippen LogP contribution in [-0.2, 0) is 24.4 Å². The smallest absolute Gasteiger partial charge is 0.318 e. The summed E-state index contributed by atoms with van der Waals surface area (Å²) >= 11 is 0. The molecule has 1 aromatic carbocycles. The van der Waals surface area contributed by atoms with Crippen molar-refractivity contribution in [3.05, 3.63) is 53.5 Å². The third kappa shape index (κ3) is 5.16. The highest BCUT2D eigenvalue weighted by molar-refractivity contribution is 5.87. The molecule has 2 aromatic rings. The summed E-state index contributed by atoms with van der Waals surface area (Å²) in [7, 11) is 1.56. The van der Waals surface area contributed by atoms with Crippen molar-refractivity contribution in [2.45, 2.75) is 45.3 Å². The van der Waals surface area contributed by atoms with E-state index in [0.717, 1.165) is 17.1 Å². The highest BCUT2D eigenvalue weighted by Gasteiger charge is 2.31. The van der Waals surface area contributed by atoms with E-state index >= 15 is 0 Å². The molecule has 3 heterocycles. The van der Waals surface area contributed by atoms with Crippen molar-refractivity contribution in [1.82, 2.24) is 19.8 Å². The van der Waals surface area contributed by atoms with Crippen LogP contribution in [0.3, 0.4) is 0 Å². The number of carbonyl (C=O) groups excluding carboxylic acids is 1. The van der Waals surface area contributed by atoms with E-state index in [1.165, 1.54) is 37.8 Å². The molecule has 36 heavy (non-hydrogen) atoms. The van der Waals surface area contributed by atoms with Crippen molar-refractivity contribution in [2.24, 2.45) is 5.92 Å². The second-order valence-electron chi connectivity index (χ2n) is 9.80. The Labute approximate surface area is 211 Å². The van der Waals surface area contributed by atoms with Crippen molar-refractivity contribution in [1.29, 1.82) is 0 Å². The highest BCUT2D eigenvalue weighted by Crippen LogP contribution is 2.34. The predicted octanol–water partition coefficient (Wildman–Crippen LogP) is 3.54. The molecular formula is C27H34FN5O3. The summed E-state index contributed by atoms with van der Waals surface area (Å²) in [4.78, 5) is 27.9.